The molecule has 3 heteroatoms. The minimum atomic E-state index is -1.07. The number of hydrogen-bond acceptors (Lipinski definition) is 2. The Morgan fingerprint density at radius 1 is 1.61 bits per heavy atom. The summed E-state index contributed by atoms with van der Waals surface area (Å²) in [5.74, 6) is -0.0653. The molecule has 0 saturated heterocycles. The number of carbonyl (C=O) groups is 1. The second kappa shape index (κ2) is 4.61. The van der Waals surface area contributed by atoms with Crippen LogP contribution in [0.5, 0.6) is 0 Å². The first-order valence-electron chi connectivity index (χ1n) is 6.67. The van der Waals surface area contributed by atoms with E-state index in [0.29, 0.717) is 18.4 Å². The Morgan fingerprint density at radius 3 is 2.89 bits per heavy atom. The number of aliphatic hydroxyl groups excluding tert-OH is 1. The molecule has 2 rings (SSSR count). The first kappa shape index (κ1) is 13.5. The predicted octanol–water partition coefficient (Wildman–Crippen LogP) is 2.82. The first-order chi connectivity index (χ1) is 8.40. The normalized spacial score (nSPS) is 41.3. The summed E-state index contributed by atoms with van der Waals surface area (Å²) in [6, 6.07) is 0. The maximum absolute atomic E-state index is 14.2. The molecule has 5 unspecified atom stereocenters. The van der Waals surface area contributed by atoms with Crippen molar-refractivity contribution < 1.29 is 14.3 Å². The van der Waals surface area contributed by atoms with Gasteiger partial charge >= 0.3 is 0 Å². The van der Waals surface area contributed by atoms with E-state index in [0.717, 1.165) is 0 Å². The highest BCUT2D eigenvalue weighted by molar-refractivity contribution is 6.01. The molecule has 1 saturated carbocycles. The lowest BCUT2D eigenvalue weighted by Gasteiger charge is -2.49. The summed E-state index contributed by atoms with van der Waals surface area (Å²) in [5.41, 5.74) is 0.0195. The van der Waals surface area contributed by atoms with Gasteiger partial charge in [0.05, 0.1) is 6.10 Å². The smallest absolute Gasteiger partial charge is 0.178 e. The maximum atomic E-state index is 14.2. The average Bonchev–Trinajstić information content (AvgIpc) is 2.31. The molecule has 0 heterocycles. The van der Waals surface area contributed by atoms with Crippen molar-refractivity contribution in [3.8, 4) is 0 Å². The monoisotopic (exact) mass is 252 g/mol. The van der Waals surface area contributed by atoms with E-state index in [4.69, 9.17) is 0 Å². The van der Waals surface area contributed by atoms with E-state index in [1.807, 2.05) is 20.8 Å². The summed E-state index contributed by atoms with van der Waals surface area (Å²) in [7, 11) is 0. The second-order valence-corrected chi connectivity index (χ2v) is 5.80. The van der Waals surface area contributed by atoms with Crippen LogP contribution in [0.25, 0.3) is 0 Å². The van der Waals surface area contributed by atoms with E-state index in [9.17, 15) is 14.3 Å². The lowest BCUT2D eigenvalue weighted by atomic mass is 9.56. The van der Waals surface area contributed by atoms with Gasteiger partial charge in [-0.25, -0.2) is 4.39 Å². The number of hydrogen-bond donors (Lipinski definition) is 1. The third-order valence-electron chi connectivity index (χ3n) is 4.57. The number of fused-ring (bicyclic) bond motifs is 1. The van der Waals surface area contributed by atoms with Crippen LogP contribution in [0.15, 0.2) is 23.8 Å². The van der Waals surface area contributed by atoms with Crippen LogP contribution in [0.3, 0.4) is 0 Å². The number of aliphatic hydroxyl groups is 1. The van der Waals surface area contributed by atoms with Gasteiger partial charge in [0.1, 0.15) is 6.17 Å². The summed E-state index contributed by atoms with van der Waals surface area (Å²) in [6.45, 7) is 5.86. The number of allylic oxidation sites excluding steroid dienone is 4. The van der Waals surface area contributed by atoms with Crippen molar-refractivity contribution in [1.82, 2.24) is 0 Å². The molecule has 0 aromatic carbocycles. The van der Waals surface area contributed by atoms with Crippen LogP contribution in [0, 0.1) is 17.3 Å². The zero-order valence-corrected chi connectivity index (χ0v) is 11.2. The molecular formula is C15H21FO2. The third-order valence-corrected chi connectivity index (χ3v) is 4.57. The van der Waals surface area contributed by atoms with Gasteiger partial charge in [0, 0.05) is 11.3 Å². The fourth-order valence-electron chi connectivity index (χ4n) is 3.66. The molecule has 5 atom stereocenters. The number of carbonyl (C=O) groups excluding carboxylic acids is 1. The number of alkyl halides is 1. The van der Waals surface area contributed by atoms with Gasteiger partial charge in [-0.15, -0.1) is 0 Å². The lowest BCUT2D eigenvalue weighted by molar-refractivity contribution is -0.111. The SMILES string of the molecule is CCC(O)C1C(C)CC(F)C2=CC(=O)C=CC21C. The number of ketones is 1. The molecule has 1 N–H and O–H groups in total. The summed E-state index contributed by atoms with van der Waals surface area (Å²) in [5, 5.41) is 10.2. The van der Waals surface area contributed by atoms with Gasteiger partial charge in [-0.2, -0.15) is 0 Å². The molecular weight excluding hydrogens is 231 g/mol. The van der Waals surface area contributed by atoms with E-state index >= 15 is 0 Å². The average molecular weight is 252 g/mol. The highest BCUT2D eigenvalue weighted by Gasteiger charge is 2.50. The molecule has 2 aliphatic carbocycles. The van der Waals surface area contributed by atoms with Crippen molar-refractivity contribution in [2.75, 3.05) is 0 Å². The van der Waals surface area contributed by atoms with Gasteiger partial charge in [-0.05, 0) is 36.5 Å². The van der Waals surface area contributed by atoms with Crippen molar-refractivity contribution in [2.24, 2.45) is 17.3 Å². The summed E-state index contributed by atoms with van der Waals surface area (Å²) >= 11 is 0. The highest BCUT2D eigenvalue weighted by atomic mass is 19.1. The largest absolute Gasteiger partial charge is 0.393 e. The summed E-state index contributed by atoms with van der Waals surface area (Å²) in [4.78, 5) is 11.4. The van der Waals surface area contributed by atoms with E-state index in [-0.39, 0.29) is 17.6 Å². The molecule has 0 aliphatic heterocycles. The zero-order valence-electron chi connectivity index (χ0n) is 11.2. The quantitative estimate of drug-likeness (QED) is 0.820. The van der Waals surface area contributed by atoms with E-state index in [1.165, 1.54) is 12.2 Å². The Kier molecular flexibility index (Phi) is 3.45. The molecule has 0 aromatic rings. The first-order valence-corrected chi connectivity index (χ1v) is 6.67. The van der Waals surface area contributed by atoms with E-state index in [2.05, 4.69) is 0 Å². The van der Waals surface area contributed by atoms with Crippen LogP contribution in [-0.4, -0.2) is 23.2 Å². The number of halogens is 1. The molecule has 0 bridgehead atoms. The van der Waals surface area contributed by atoms with Crippen LogP contribution < -0.4 is 0 Å². The summed E-state index contributed by atoms with van der Waals surface area (Å²) in [6.07, 6.45) is 4.23. The summed E-state index contributed by atoms with van der Waals surface area (Å²) < 4.78 is 14.2. The van der Waals surface area contributed by atoms with Crippen LogP contribution in [0.2, 0.25) is 0 Å². The van der Waals surface area contributed by atoms with Crippen molar-refractivity contribution >= 4 is 5.78 Å². The fraction of sp³-hybridized carbons (Fsp3) is 0.667. The molecule has 0 aromatic heterocycles. The van der Waals surface area contributed by atoms with Gasteiger partial charge in [0.25, 0.3) is 0 Å². The Bertz CT molecular complexity index is 413. The molecule has 2 nitrogen and oxygen atoms in total. The van der Waals surface area contributed by atoms with Crippen molar-refractivity contribution in [1.29, 1.82) is 0 Å². The van der Waals surface area contributed by atoms with Crippen molar-refractivity contribution in [3.63, 3.8) is 0 Å². The maximum Gasteiger partial charge on any atom is 0.178 e. The van der Waals surface area contributed by atoms with Crippen molar-refractivity contribution in [3.05, 3.63) is 23.8 Å². The third kappa shape index (κ3) is 1.95. The Labute approximate surface area is 108 Å². The van der Waals surface area contributed by atoms with Gasteiger partial charge < -0.3 is 5.11 Å². The Balaban J connectivity index is 2.45. The molecule has 2 aliphatic rings. The fourth-order valence-corrected chi connectivity index (χ4v) is 3.66. The minimum absolute atomic E-state index is 0.0231. The Morgan fingerprint density at radius 2 is 2.28 bits per heavy atom. The molecule has 0 spiro atoms. The highest BCUT2D eigenvalue weighted by Crippen LogP contribution is 2.52. The van der Waals surface area contributed by atoms with Gasteiger partial charge in [-0.3, -0.25) is 4.79 Å². The van der Waals surface area contributed by atoms with E-state index in [1.54, 1.807) is 6.08 Å². The van der Waals surface area contributed by atoms with E-state index < -0.39 is 17.7 Å². The molecule has 100 valence electrons. The van der Waals surface area contributed by atoms with Gasteiger partial charge in [0.2, 0.25) is 0 Å². The van der Waals surface area contributed by atoms with Crippen molar-refractivity contribution in [2.45, 2.75) is 45.9 Å². The van der Waals surface area contributed by atoms with Crippen LogP contribution in [0.1, 0.15) is 33.6 Å². The predicted molar refractivity (Wildman–Crippen MR) is 68.8 cm³/mol. The molecule has 18 heavy (non-hydrogen) atoms. The number of rotatable bonds is 2. The van der Waals surface area contributed by atoms with Gasteiger partial charge in [-0.1, -0.05) is 26.8 Å². The lowest BCUT2D eigenvalue weighted by Crippen LogP contribution is -2.48. The van der Waals surface area contributed by atoms with Gasteiger partial charge in [0.15, 0.2) is 5.78 Å². The standard InChI is InChI=1S/C15H21FO2/c1-4-13(18)14-9(2)7-12(16)11-8-10(17)5-6-15(11,14)3/h5-6,8-9,12-14,18H,4,7H2,1-3H3. The molecule has 0 amide bonds. The zero-order chi connectivity index (χ0) is 13.5. The molecule has 1 fully saturated rings. The van der Waals surface area contributed by atoms with Crippen LogP contribution in [0.4, 0.5) is 4.39 Å². The van der Waals surface area contributed by atoms with Crippen LogP contribution in [-0.2, 0) is 4.79 Å². The topological polar surface area (TPSA) is 37.3 Å². The minimum Gasteiger partial charge on any atom is -0.393 e. The van der Waals surface area contributed by atoms with Crippen LogP contribution >= 0.6 is 0 Å². The molecule has 0 radical (unpaired) electrons. The second-order valence-electron chi connectivity index (χ2n) is 5.80. The Hall–Kier alpha value is -0.960.